The minimum Gasteiger partial charge on any atom is -0.494 e. The minimum atomic E-state index is -0.558. The van der Waals surface area contributed by atoms with E-state index in [1.807, 2.05) is 49.4 Å². The lowest BCUT2D eigenvalue weighted by Gasteiger charge is -2.38. The molecule has 0 aromatic heterocycles. The molecule has 38 heavy (non-hydrogen) atoms. The van der Waals surface area contributed by atoms with E-state index in [0.717, 1.165) is 16.8 Å². The topological polar surface area (TPSA) is 92.7 Å². The molecule has 0 N–H and O–H groups in total. The zero-order valence-electron chi connectivity index (χ0n) is 22.6. The molecular formula is C30H35NO7. The number of esters is 1. The quantitative estimate of drug-likeness (QED) is 0.325. The second kappa shape index (κ2) is 12.3. The predicted octanol–water partition coefficient (Wildman–Crippen LogP) is 4.87. The van der Waals surface area contributed by atoms with E-state index < -0.39 is 17.8 Å². The Hall–Kier alpha value is -3.65. The summed E-state index contributed by atoms with van der Waals surface area (Å²) in [6.07, 6.45) is 0.919. The molecule has 202 valence electrons. The molecule has 8 nitrogen and oxygen atoms in total. The van der Waals surface area contributed by atoms with Crippen molar-refractivity contribution in [3.8, 4) is 17.2 Å². The van der Waals surface area contributed by atoms with Crippen LogP contribution < -0.4 is 14.2 Å². The van der Waals surface area contributed by atoms with Crippen molar-refractivity contribution in [3.05, 3.63) is 64.9 Å². The van der Waals surface area contributed by atoms with E-state index in [9.17, 15) is 9.59 Å². The summed E-state index contributed by atoms with van der Waals surface area (Å²) in [7, 11) is 4.74. The zero-order valence-corrected chi connectivity index (χ0v) is 22.6. The van der Waals surface area contributed by atoms with E-state index in [2.05, 4.69) is 0 Å². The Morgan fingerprint density at radius 1 is 0.947 bits per heavy atom. The smallest absolute Gasteiger partial charge is 0.336 e. The summed E-state index contributed by atoms with van der Waals surface area (Å²) in [5.41, 5.74) is 3.55. The van der Waals surface area contributed by atoms with Crippen LogP contribution in [0.25, 0.3) is 0 Å². The normalized spacial score (nSPS) is 20.9. The summed E-state index contributed by atoms with van der Waals surface area (Å²) >= 11 is 0. The first-order valence-corrected chi connectivity index (χ1v) is 12.8. The third-order valence-corrected chi connectivity index (χ3v) is 7.10. The first-order valence-electron chi connectivity index (χ1n) is 12.8. The van der Waals surface area contributed by atoms with Crippen molar-refractivity contribution < 1.29 is 33.3 Å². The van der Waals surface area contributed by atoms with Gasteiger partial charge in [0, 0.05) is 30.9 Å². The molecule has 0 radical (unpaired) electrons. The van der Waals surface area contributed by atoms with Gasteiger partial charge in [0.25, 0.3) is 0 Å². The lowest BCUT2D eigenvalue weighted by Crippen LogP contribution is -2.41. The average Bonchev–Trinajstić information content (AvgIpc) is 2.92. The number of allylic oxidation sites excluding steroid dienone is 1. The number of ketones is 1. The van der Waals surface area contributed by atoms with Gasteiger partial charge in [-0.3, -0.25) is 9.79 Å². The number of carbonyl (C=O) groups excluding carboxylic acids is 2. The van der Waals surface area contributed by atoms with E-state index in [1.54, 1.807) is 28.3 Å². The highest BCUT2D eigenvalue weighted by Gasteiger charge is 2.46. The van der Waals surface area contributed by atoms with Crippen molar-refractivity contribution in [2.24, 2.45) is 10.9 Å². The van der Waals surface area contributed by atoms with E-state index in [0.29, 0.717) is 48.0 Å². The van der Waals surface area contributed by atoms with Crippen LogP contribution in [-0.2, 0) is 19.1 Å². The first-order chi connectivity index (χ1) is 18.4. The average molecular weight is 522 g/mol. The van der Waals surface area contributed by atoms with Crippen LogP contribution in [0.2, 0.25) is 0 Å². The fourth-order valence-electron chi connectivity index (χ4n) is 5.40. The molecule has 8 heteroatoms. The highest BCUT2D eigenvalue weighted by atomic mass is 16.6. The SMILES string of the molecule is CCOc1cccc([C@H]2C(C(=O)OCCOC)=C(C)N=C3C[C@@H](c4ccc(OC)c(OC)c4)CC(=O)C32)c1. The molecule has 2 aliphatic rings. The molecule has 1 aliphatic carbocycles. The summed E-state index contributed by atoms with van der Waals surface area (Å²) in [6, 6.07) is 13.3. The highest BCUT2D eigenvalue weighted by molar-refractivity contribution is 6.12. The van der Waals surface area contributed by atoms with E-state index in [1.165, 1.54) is 0 Å². The second-order valence-electron chi connectivity index (χ2n) is 9.38. The van der Waals surface area contributed by atoms with Gasteiger partial charge in [-0.15, -0.1) is 0 Å². The van der Waals surface area contributed by atoms with Crippen LogP contribution >= 0.6 is 0 Å². The lowest BCUT2D eigenvalue weighted by atomic mass is 9.66. The molecular weight excluding hydrogens is 486 g/mol. The van der Waals surface area contributed by atoms with Gasteiger partial charge >= 0.3 is 5.97 Å². The van der Waals surface area contributed by atoms with Crippen molar-refractivity contribution in [1.82, 2.24) is 0 Å². The van der Waals surface area contributed by atoms with Gasteiger partial charge in [0.2, 0.25) is 0 Å². The summed E-state index contributed by atoms with van der Waals surface area (Å²) < 4.78 is 27.1. The number of carbonyl (C=O) groups is 2. The largest absolute Gasteiger partial charge is 0.494 e. The summed E-state index contributed by atoms with van der Waals surface area (Å²) in [6.45, 7) is 4.64. The molecule has 0 amide bonds. The van der Waals surface area contributed by atoms with E-state index in [-0.39, 0.29) is 24.9 Å². The maximum absolute atomic E-state index is 13.9. The zero-order chi connectivity index (χ0) is 27.2. The fourth-order valence-corrected chi connectivity index (χ4v) is 5.40. The molecule has 1 saturated carbocycles. The van der Waals surface area contributed by atoms with Crippen LogP contribution in [0.4, 0.5) is 0 Å². The number of methoxy groups -OCH3 is 3. The van der Waals surface area contributed by atoms with Crippen molar-refractivity contribution in [2.75, 3.05) is 41.2 Å². The summed E-state index contributed by atoms with van der Waals surface area (Å²) in [4.78, 5) is 32.0. The Morgan fingerprint density at radius 2 is 1.74 bits per heavy atom. The molecule has 1 fully saturated rings. The molecule has 3 atom stereocenters. The highest BCUT2D eigenvalue weighted by Crippen LogP contribution is 2.47. The number of hydrogen-bond acceptors (Lipinski definition) is 8. The number of Topliss-reactive ketones (excluding diaryl/α,β-unsaturated/α-hetero) is 1. The molecule has 2 aromatic rings. The van der Waals surface area contributed by atoms with Crippen LogP contribution in [0.5, 0.6) is 17.2 Å². The number of fused-ring (bicyclic) bond motifs is 1. The van der Waals surface area contributed by atoms with Crippen LogP contribution in [0.15, 0.2) is 58.7 Å². The van der Waals surface area contributed by atoms with Crippen LogP contribution in [0, 0.1) is 5.92 Å². The minimum absolute atomic E-state index is 0.0382. The van der Waals surface area contributed by atoms with Gasteiger partial charge in [-0.1, -0.05) is 18.2 Å². The standard InChI is InChI=1S/C30H35NO7/c1-6-37-22-9-7-8-20(14-22)28-27(30(33)38-13-12-34-3)18(2)31-23-15-21(16-24(32)29(23)28)19-10-11-25(35-4)26(17-19)36-5/h7-11,14,17,21,28-29H,6,12-13,15-16H2,1-5H3/t21-,28+,29?/m1/s1. The van der Waals surface area contributed by atoms with Gasteiger partial charge in [-0.05, 0) is 61.6 Å². The number of nitrogens with zero attached hydrogens (tertiary/aromatic N) is 1. The molecule has 2 aromatic carbocycles. The van der Waals surface area contributed by atoms with Crippen molar-refractivity contribution >= 4 is 17.5 Å². The predicted molar refractivity (Wildman–Crippen MR) is 143 cm³/mol. The Balaban J connectivity index is 1.74. The monoisotopic (exact) mass is 521 g/mol. The van der Waals surface area contributed by atoms with Crippen LogP contribution in [-0.4, -0.2) is 58.6 Å². The van der Waals surface area contributed by atoms with Crippen LogP contribution in [0.1, 0.15) is 49.7 Å². The number of aliphatic imine (C=N–C) groups is 1. The lowest BCUT2D eigenvalue weighted by molar-refractivity contribution is -0.140. The summed E-state index contributed by atoms with van der Waals surface area (Å²) in [5.74, 6) is 0.360. The Kier molecular flexibility index (Phi) is 8.84. The molecule has 4 rings (SSSR count). The summed E-state index contributed by atoms with van der Waals surface area (Å²) in [5, 5.41) is 0. The van der Waals surface area contributed by atoms with Crippen molar-refractivity contribution in [1.29, 1.82) is 0 Å². The maximum atomic E-state index is 13.9. The van der Waals surface area contributed by atoms with Gasteiger partial charge in [0.05, 0.1) is 38.9 Å². The van der Waals surface area contributed by atoms with Crippen molar-refractivity contribution in [3.63, 3.8) is 0 Å². The molecule has 0 bridgehead atoms. The first kappa shape index (κ1) is 27.4. The Morgan fingerprint density at radius 3 is 2.45 bits per heavy atom. The number of rotatable bonds is 10. The van der Waals surface area contributed by atoms with Crippen molar-refractivity contribution in [2.45, 2.75) is 38.5 Å². The third-order valence-electron chi connectivity index (χ3n) is 7.10. The molecule has 1 aliphatic heterocycles. The second-order valence-corrected chi connectivity index (χ2v) is 9.38. The Bertz CT molecular complexity index is 1250. The molecule has 1 unspecified atom stereocenters. The van der Waals surface area contributed by atoms with E-state index >= 15 is 0 Å². The van der Waals surface area contributed by atoms with Gasteiger partial charge in [0.1, 0.15) is 18.1 Å². The van der Waals surface area contributed by atoms with Gasteiger partial charge < -0.3 is 23.7 Å². The Labute approximate surface area is 223 Å². The number of hydrogen-bond donors (Lipinski definition) is 0. The number of ether oxygens (including phenoxy) is 5. The van der Waals surface area contributed by atoms with E-state index in [4.69, 9.17) is 28.7 Å². The third kappa shape index (κ3) is 5.60. The fraction of sp³-hybridized carbons (Fsp3) is 0.433. The van der Waals surface area contributed by atoms with Crippen LogP contribution in [0.3, 0.4) is 0 Å². The molecule has 0 spiro atoms. The molecule has 0 saturated heterocycles. The number of benzene rings is 2. The molecule has 1 heterocycles. The van der Waals surface area contributed by atoms with Gasteiger partial charge in [0.15, 0.2) is 11.5 Å². The van der Waals surface area contributed by atoms with Gasteiger partial charge in [-0.25, -0.2) is 4.79 Å². The van der Waals surface area contributed by atoms with Gasteiger partial charge in [-0.2, -0.15) is 0 Å². The maximum Gasteiger partial charge on any atom is 0.336 e.